The van der Waals surface area contributed by atoms with E-state index in [1.54, 1.807) is 0 Å². The molecule has 108 valence electrons. The Morgan fingerprint density at radius 1 is 1.25 bits per heavy atom. The third-order valence-corrected chi connectivity index (χ3v) is 3.75. The minimum Gasteiger partial charge on any atom is -0.456 e. The number of aryl methyl sites for hydroxylation is 1. The number of nitrogens with zero attached hydrogens (tertiary/aromatic N) is 2. The molecule has 0 unspecified atom stereocenters. The lowest BCUT2D eigenvalue weighted by molar-refractivity contribution is -0.00447. The molecule has 0 amide bonds. The van der Waals surface area contributed by atoms with Crippen molar-refractivity contribution in [3.8, 4) is 11.7 Å². The van der Waals surface area contributed by atoms with Gasteiger partial charge in [0.25, 0.3) is 5.89 Å². The van der Waals surface area contributed by atoms with Crippen LogP contribution in [-0.2, 0) is 11.3 Å². The third kappa shape index (κ3) is 3.10. The summed E-state index contributed by atoms with van der Waals surface area (Å²) in [6, 6.07) is 3.70. The van der Waals surface area contributed by atoms with E-state index in [-0.39, 0.29) is 0 Å². The molecule has 5 heteroatoms. The Hall–Kier alpha value is -1.62. The first-order valence-corrected chi connectivity index (χ1v) is 7.21. The summed E-state index contributed by atoms with van der Waals surface area (Å²) in [6.45, 7) is 4.54. The van der Waals surface area contributed by atoms with E-state index in [1.807, 2.05) is 19.1 Å². The van der Waals surface area contributed by atoms with Gasteiger partial charge in [-0.2, -0.15) is 0 Å². The summed E-state index contributed by atoms with van der Waals surface area (Å²) >= 11 is 0. The highest BCUT2D eigenvalue weighted by atomic mass is 16.5. The van der Waals surface area contributed by atoms with Gasteiger partial charge in [-0.05, 0) is 37.8 Å². The molecule has 0 aromatic carbocycles. The Labute approximate surface area is 118 Å². The van der Waals surface area contributed by atoms with Gasteiger partial charge in [-0.1, -0.05) is 19.8 Å². The molecule has 2 atom stereocenters. The topological polar surface area (TPSA) is 61.3 Å². The first-order valence-electron chi connectivity index (χ1n) is 7.21. The Morgan fingerprint density at radius 2 is 2.15 bits per heavy atom. The minimum atomic E-state index is 0.319. The average molecular weight is 276 g/mol. The fraction of sp³-hybridized carbons (Fsp3) is 0.600. The lowest BCUT2D eigenvalue weighted by Gasteiger charge is -2.26. The standard InChI is InChI=1S/C15H20N2O3/c1-10-4-3-5-12(8-10)18-9-14-16-17-15(20-14)13-7-6-11(2)19-13/h6-7,10,12H,3-5,8-9H2,1-2H3/t10-,12-/m1/s1. The molecule has 1 saturated carbocycles. The average Bonchev–Trinajstić information content (AvgIpc) is 3.05. The Morgan fingerprint density at radius 3 is 2.90 bits per heavy atom. The molecule has 5 nitrogen and oxygen atoms in total. The quantitative estimate of drug-likeness (QED) is 0.851. The first-order chi connectivity index (χ1) is 9.70. The zero-order chi connectivity index (χ0) is 13.9. The number of hydrogen-bond donors (Lipinski definition) is 0. The highest BCUT2D eigenvalue weighted by molar-refractivity contribution is 5.43. The molecular weight excluding hydrogens is 256 g/mol. The van der Waals surface area contributed by atoms with E-state index < -0.39 is 0 Å². The van der Waals surface area contributed by atoms with Crippen LogP contribution in [0.1, 0.15) is 44.3 Å². The van der Waals surface area contributed by atoms with Crippen molar-refractivity contribution in [3.05, 3.63) is 23.8 Å². The van der Waals surface area contributed by atoms with E-state index >= 15 is 0 Å². The number of ether oxygens (including phenoxy) is 1. The molecule has 0 N–H and O–H groups in total. The van der Waals surface area contributed by atoms with E-state index in [0.717, 1.165) is 24.5 Å². The highest BCUT2D eigenvalue weighted by Gasteiger charge is 2.20. The first kappa shape index (κ1) is 13.4. The lowest BCUT2D eigenvalue weighted by atomic mass is 9.89. The van der Waals surface area contributed by atoms with Crippen LogP contribution in [0.5, 0.6) is 0 Å². The zero-order valence-electron chi connectivity index (χ0n) is 12.0. The highest BCUT2D eigenvalue weighted by Crippen LogP contribution is 2.26. The van der Waals surface area contributed by atoms with Crippen molar-refractivity contribution in [2.75, 3.05) is 0 Å². The summed E-state index contributed by atoms with van der Waals surface area (Å²) in [6.07, 6.45) is 5.12. The molecule has 0 bridgehead atoms. The molecule has 0 saturated heterocycles. The van der Waals surface area contributed by atoms with Crippen molar-refractivity contribution >= 4 is 0 Å². The summed E-state index contributed by atoms with van der Waals surface area (Å²) in [7, 11) is 0. The summed E-state index contributed by atoms with van der Waals surface area (Å²) in [5.74, 6) is 3.10. The second-order valence-corrected chi connectivity index (χ2v) is 5.62. The van der Waals surface area contributed by atoms with Gasteiger partial charge in [-0.15, -0.1) is 10.2 Å². The molecule has 0 radical (unpaired) electrons. The van der Waals surface area contributed by atoms with Gasteiger partial charge in [0.05, 0.1) is 6.10 Å². The molecule has 1 fully saturated rings. The number of rotatable bonds is 4. The predicted octanol–water partition coefficient (Wildman–Crippen LogP) is 3.73. The maximum Gasteiger partial charge on any atom is 0.283 e. The van der Waals surface area contributed by atoms with Gasteiger partial charge in [0, 0.05) is 0 Å². The van der Waals surface area contributed by atoms with Crippen LogP contribution in [0.2, 0.25) is 0 Å². The van der Waals surface area contributed by atoms with Crippen LogP contribution in [0.15, 0.2) is 21.0 Å². The van der Waals surface area contributed by atoms with Crippen molar-refractivity contribution < 1.29 is 13.6 Å². The van der Waals surface area contributed by atoms with Crippen molar-refractivity contribution in [2.24, 2.45) is 5.92 Å². The largest absolute Gasteiger partial charge is 0.456 e. The third-order valence-electron chi connectivity index (χ3n) is 3.75. The number of aromatic nitrogens is 2. The Bertz CT molecular complexity index is 561. The number of hydrogen-bond acceptors (Lipinski definition) is 5. The van der Waals surface area contributed by atoms with E-state index in [4.69, 9.17) is 13.6 Å². The van der Waals surface area contributed by atoms with Crippen molar-refractivity contribution in [1.82, 2.24) is 10.2 Å². The summed E-state index contributed by atoms with van der Waals surface area (Å²) in [5.41, 5.74) is 0. The SMILES string of the molecule is Cc1ccc(-c2nnc(CO[C@@H]3CCC[C@@H](C)C3)o2)o1. The van der Waals surface area contributed by atoms with Crippen LogP contribution in [0.4, 0.5) is 0 Å². The second kappa shape index (κ2) is 5.79. The van der Waals surface area contributed by atoms with E-state index in [1.165, 1.54) is 12.8 Å². The fourth-order valence-corrected chi connectivity index (χ4v) is 2.68. The minimum absolute atomic E-state index is 0.319. The predicted molar refractivity (Wildman–Crippen MR) is 72.9 cm³/mol. The monoisotopic (exact) mass is 276 g/mol. The van der Waals surface area contributed by atoms with Crippen LogP contribution in [0.3, 0.4) is 0 Å². The van der Waals surface area contributed by atoms with Crippen LogP contribution in [-0.4, -0.2) is 16.3 Å². The van der Waals surface area contributed by atoms with Crippen LogP contribution >= 0.6 is 0 Å². The smallest absolute Gasteiger partial charge is 0.283 e. The molecule has 2 heterocycles. The van der Waals surface area contributed by atoms with Gasteiger partial charge >= 0.3 is 0 Å². The van der Waals surface area contributed by atoms with Gasteiger partial charge in [0.2, 0.25) is 5.89 Å². The van der Waals surface area contributed by atoms with Gasteiger partial charge in [0.1, 0.15) is 12.4 Å². The molecule has 3 rings (SSSR count). The van der Waals surface area contributed by atoms with Gasteiger partial charge < -0.3 is 13.6 Å². The maximum atomic E-state index is 5.87. The van der Waals surface area contributed by atoms with Crippen LogP contribution in [0.25, 0.3) is 11.7 Å². The Kier molecular flexibility index (Phi) is 3.87. The molecule has 2 aromatic heterocycles. The van der Waals surface area contributed by atoms with E-state index in [9.17, 15) is 0 Å². The van der Waals surface area contributed by atoms with Crippen molar-refractivity contribution in [3.63, 3.8) is 0 Å². The molecular formula is C15H20N2O3. The molecule has 20 heavy (non-hydrogen) atoms. The van der Waals surface area contributed by atoms with Gasteiger partial charge in [0.15, 0.2) is 5.76 Å². The summed E-state index contributed by atoms with van der Waals surface area (Å²) in [4.78, 5) is 0. The summed E-state index contributed by atoms with van der Waals surface area (Å²) < 4.78 is 16.9. The van der Waals surface area contributed by atoms with E-state index in [0.29, 0.717) is 30.3 Å². The normalized spacial score (nSPS) is 23.1. The van der Waals surface area contributed by atoms with Crippen LogP contribution < -0.4 is 0 Å². The summed E-state index contributed by atoms with van der Waals surface area (Å²) in [5, 5.41) is 7.99. The molecule has 0 spiro atoms. The fourth-order valence-electron chi connectivity index (χ4n) is 2.68. The van der Waals surface area contributed by atoms with Gasteiger partial charge in [-0.25, -0.2) is 0 Å². The second-order valence-electron chi connectivity index (χ2n) is 5.62. The van der Waals surface area contributed by atoms with Crippen molar-refractivity contribution in [1.29, 1.82) is 0 Å². The lowest BCUT2D eigenvalue weighted by Crippen LogP contribution is -2.21. The maximum absolute atomic E-state index is 5.87. The molecule has 1 aliphatic carbocycles. The van der Waals surface area contributed by atoms with Gasteiger partial charge in [-0.3, -0.25) is 0 Å². The molecule has 2 aromatic rings. The van der Waals surface area contributed by atoms with E-state index in [2.05, 4.69) is 17.1 Å². The molecule has 1 aliphatic rings. The van der Waals surface area contributed by atoms with Crippen molar-refractivity contribution in [2.45, 2.75) is 52.2 Å². The molecule has 0 aliphatic heterocycles. The Balaban J connectivity index is 1.57. The zero-order valence-corrected chi connectivity index (χ0v) is 12.0. The van der Waals surface area contributed by atoms with Crippen LogP contribution in [0, 0.1) is 12.8 Å². The number of furan rings is 1.